The molecular weight excluding hydrogens is 346 g/mol. The van der Waals surface area contributed by atoms with Crippen LogP contribution in [0.4, 0.5) is 0 Å². The Morgan fingerprint density at radius 3 is 2.43 bits per heavy atom. The van der Waals surface area contributed by atoms with Gasteiger partial charge in [-0.05, 0) is 88.8 Å². The highest BCUT2D eigenvalue weighted by Gasteiger charge is 2.29. The van der Waals surface area contributed by atoms with E-state index in [2.05, 4.69) is 27.8 Å². The zero-order chi connectivity index (χ0) is 19.8. The van der Waals surface area contributed by atoms with Gasteiger partial charge in [-0.1, -0.05) is 26.2 Å². The van der Waals surface area contributed by atoms with Crippen molar-refractivity contribution in [2.45, 2.75) is 103 Å². The van der Waals surface area contributed by atoms with Gasteiger partial charge in [0.25, 0.3) is 0 Å². The molecule has 1 saturated carbocycles. The lowest BCUT2D eigenvalue weighted by Gasteiger charge is -2.41. The predicted octanol–water partition coefficient (Wildman–Crippen LogP) is 5.26. The molecule has 0 atom stereocenters. The third kappa shape index (κ3) is 6.72. The zero-order valence-corrected chi connectivity index (χ0v) is 18.2. The summed E-state index contributed by atoms with van der Waals surface area (Å²) in [6, 6.07) is 0.839. The second kappa shape index (κ2) is 11.1. The monoisotopic (exact) mass is 387 g/mol. The van der Waals surface area contributed by atoms with Crippen LogP contribution in [0.5, 0.6) is 0 Å². The van der Waals surface area contributed by atoms with E-state index >= 15 is 0 Å². The van der Waals surface area contributed by atoms with Crippen LogP contribution in [-0.2, 0) is 17.8 Å². The molecule has 0 radical (unpaired) electrons. The lowest BCUT2D eigenvalue weighted by Crippen LogP contribution is -2.43. The smallest absolute Gasteiger partial charge is 0.129 e. The van der Waals surface area contributed by atoms with Crippen molar-refractivity contribution in [1.82, 2.24) is 14.7 Å². The molecule has 2 aliphatic rings. The molecule has 0 N–H and O–H groups in total. The quantitative estimate of drug-likeness (QED) is 0.514. The summed E-state index contributed by atoms with van der Waals surface area (Å²) >= 11 is 0. The van der Waals surface area contributed by atoms with Crippen LogP contribution < -0.4 is 0 Å². The van der Waals surface area contributed by atoms with Gasteiger partial charge in [-0.3, -0.25) is 4.68 Å². The van der Waals surface area contributed by atoms with Crippen molar-refractivity contribution in [2.24, 2.45) is 11.8 Å². The van der Waals surface area contributed by atoms with Gasteiger partial charge >= 0.3 is 0 Å². The predicted molar refractivity (Wildman–Crippen MR) is 115 cm³/mol. The number of aromatic nitrogens is 2. The minimum absolute atomic E-state index is 0.347. The van der Waals surface area contributed by atoms with E-state index in [4.69, 9.17) is 0 Å². The van der Waals surface area contributed by atoms with Gasteiger partial charge in [0, 0.05) is 25.2 Å². The van der Waals surface area contributed by atoms with Gasteiger partial charge in [-0.2, -0.15) is 5.10 Å². The topological polar surface area (TPSA) is 38.1 Å². The molecule has 1 aromatic rings. The first kappa shape index (κ1) is 21.5. The maximum absolute atomic E-state index is 11.0. The fourth-order valence-electron chi connectivity index (χ4n) is 5.24. The number of unbranched alkanes of at least 4 members (excludes halogenated alkanes) is 2. The number of nitrogens with zero attached hydrogens (tertiary/aromatic N) is 3. The van der Waals surface area contributed by atoms with Crippen molar-refractivity contribution in [3.05, 3.63) is 18.0 Å². The Morgan fingerprint density at radius 2 is 1.79 bits per heavy atom. The van der Waals surface area contributed by atoms with E-state index in [0.717, 1.165) is 43.7 Å². The molecular formula is C24H41N3O. The van der Waals surface area contributed by atoms with Crippen molar-refractivity contribution in [1.29, 1.82) is 0 Å². The first-order valence-corrected chi connectivity index (χ1v) is 11.9. The molecule has 0 spiro atoms. The molecule has 1 aliphatic carbocycles. The number of rotatable bonds is 10. The number of carbonyl (C=O) groups is 1. The highest BCUT2D eigenvalue weighted by molar-refractivity contribution is 5.75. The lowest BCUT2D eigenvalue weighted by atomic mass is 9.81. The summed E-state index contributed by atoms with van der Waals surface area (Å²) in [6.07, 6.45) is 19.5. The molecule has 0 unspecified atom stereocenters. The molecule has 1 saturated heterocycles. The molecule has 2 heterocycles. The average molecular weight is 388 g/mol. The van der Waals surface area contributed by atoms with Crippen LogP contribution in [0.15, 0.2) is 12.4 Å². The summed E-state index contributed by atoms with van der Waals surface area (Å²) in [5, 5.41) is 4.53. The molecule has 158 valence electrons. The molecule has 0 bridgehead atoms. The van der Waals surface area contributed by atoms with E-state index in [0.29, 0.717) is 5.78 Å². The van der Waals surface area contributed by atoms with E-state index in [1.54, 1.807) is 6.92 Å². The summed E-state index contributed by atoms with van der Waals surface area (Å²) < 4.78 is 2.17. The Balaban J connectivity index is 1.29. The fraction of sp³-hybridized carbons (Fsp3) is 0.833. The van der Waals surface area contributed by atoms with Crippen molar-refractivity contribution in [3.8, 4) is 0 Å². The van der Waals surface area contributed by atoms with Crippen LogP contribution in [0.3, 0.4) is 0 Å². The van der Waals surface area contributed by atoms with Gasteiger partial charge in [-0.25, -0.2) is 0 Å². The normalized spacial score (nSPS) is 24.5. The molecule has 1 aliphatic heterocycles. The molecule has 3 rings (SSSR count). The van der Waals surface area contributed by atoms with Crippen LogP contribution in [0.25, 0.3) is 0 Å². The van der Waals surface area contributed by atoms with Crippen LogP contribution >= 0.6 is 0 Å². The maximum atomic E-state index is 11.0. The number of Topliss-reactive ketones (excluding diaryl/α,β-unsaturated/α-hetero) is 1. The molecule has 2 fully saturated rings. The van der Waals surface area contributed by atoms with Gasteiger partial charge in [0.1, 0.15) is 5.78 Å². The summed E-state index contributed by atoms with van der Waals surface area (Å²) in [5.41, 5.74) is 1.35. The number of hydrogen-bond donors (Lipinski definition) is 0. The third-order valence-electron chi connectivity index (χ3n) is 7.16. The lowest BCUT2D eigenvalue weighted by molar-refractivity contribution is -0.117. The minimum atomic E-state index is 0.347. The molecule has 28 heavy (non-hydrogen) atoms. The second-order valence-electron chi connectivity index (χ2n) is 9.38. The highest BCUT2D eigenvalue weighted by atomic mass is 16.1. The largest absolute Gasteiger partial charge is 0.300 e. The number of hydrogen-bond acceptors (Lipinski definition) is 3. The molecule has 4 nitrogen and oxygen atoms in total. The number of likely N-dealkylation sites (tertiary alicyclic amines) is 1. The summed E-state index contributed by atoms with van der Waals surface area (Å²) in [4.78, 5) is 13.8. The average Bonchev–Trinajstić information content (AvgIpc) is 3.16. The number of aryl methyl sites for hydroxylation is 1. The molecule has 4 heteroatoms. The van der Waals surface area contributed by atoms with Gasteiger partial charge in [0.15, 0.2) is 0 Å². The van der Waals surface area contributed by atoms with Crippen LogP contribution in [0, 0.1) is 11.8 Å². The molecule has 1 aromatic heterocycles. The van der Waals surface area contributed by atoms with Crippen molar-refractivity contribution in [3.63, 3.8) is 0 Å². The Labute approximate surface area is 172 Å². The standard InChI is InChI=1S/C24H41N3O/c1-3-21-17-25-27(18-21)19-23-13-15-26(16-14-23)24-11-9-22(10-12-24)8-6-4-5-7-20(2)28/h17-18,22-24H,3-16,19H2,1-2H3. The van der Waals surface area contributed by atoms with E-state index in [-0.39, 0.29) is 0 Å². The van der Waals surface area contributed by atoms with E-state index in [1.807, 2.05) is 6.20 Å². The first-order valence-electron chi connectivity index (χ1n) is 11.9. The number of carbonyl (C=O) groups excluding carboxylic acids is 1. The maximum Gasteiger partial charge on any atom is 0.129 e. The SMILES string of the molecule is CCc1cnn(CC2CCN(C3CCC(CCCCCC(C)=O)CC3)CC2)c1. The van der Waals surface area contributed by atoms with E-state index < -0.39 is 0 Å². The van der Waals surface area contributed by atoms with E-state index in [1.165, 1.54) is 76.4 Å². The fourth-order valence-corrected chi connectivity index (χ4v) is 5.24. The first-order chi connectivity index (χ1) is 13.6. The van der Waals surface area contributed by atoms with Crippen molar-refractivity contribution >= 4 is 5.78 Å². The summed E-state index contributed by atoms with van der Waals surface area (Å²) in [6.45, 7) is 7.58. The Kier molecular flexibility index (Phi) is 8.57. The van der Waals surface area contributed by atoms with Crippen LogP contribution in [0.1, 0.15) is 90.0 Å². The second-order valence-corrected chi connectivity index (χ2v) is 9.38. The van der Waals surface area contributed by atoms with Crippen molar-refractivity contribution in [2.75, 3.05) is 13.1 Å². The van der Waals surface area contributed by atoms with Crippen LogP contribution in [0.2, 0.25) is 0 Å². The third-order valence-corrected chi connectivity index (χ3v) is 7.16. The van der Waals surface area contributed by atoms with Crippen molar-refractivity contribution < 1.29 is 4.79 Å². The Morgan fingerprint density at radius 1 is 1.04 bits per heavy atom. The highest BCUT2D eigenvalue weighted by Crippen LogP contribution is 2.33. The van der Waals surface area contributed by atoms with Gasteiger partial charge < -0.3 is 9.69 Å². The van der Waals surface area contributed by atoms with Gasteiger partial charge in [0.05, 0.1) is 6.20 Å². The molecule has 0 aromatic carbocycles. The van der Waals surface area contributed by atoms with E-state index in [9.17, 15) is 4.79 Å². The Bertz CT molecular complexity index is 580. The summed E-state index contributed by atoms with van der Waals surface area (Å²) in [7, 11) is 0. The number of ketones is 1. The van der Waals surface area contributed by atoms with Gasteiger partial charge in [0.2, 0.25) is 0 Å². The zero-order valence-electron chi connectivity index (χ0n) is 18.2. The van der Waals surface area contributed by atoms with Gasteiger partial charge in [-0.15, -0.1) is 0 Å². The summed E-state index contributed by atoms with van der Waals surface area (Å²) in [5.74, 6) is 2.09. The molecule has 0 amide bonds. The minimum Gasteiger partial charge on any atom is -0.300 e. The van der Waals surface area contributed by atoms with Crippen LogP contribution in [-0.4, -0.2) is 39.6 Å². The Hall–Kier alpha value is -1.16. The number of piperidine rings is 1.